The first-order valence-corrected chi connectivity index (χ1v) is 14.4. The molecule has 43 heavy (non-hydrogen) atoms. The van der Waals surface area contributed by atoms with E-state index in [1.807, 2.05) is 61.8 Å². The van der Waals surface area contributed by atoms with E-state index in [-0.39, 0.29) is 48.1 Å². The molecule has 0 radical (unpaired) electrons. The predicted molar refractivity (Wildman–Crippen MR) is 164 cm³/mol. The second-order valence-corrected chi connectivity index (χ2v) is 12.0. The molecule has 1 aliphatic heterocycles. The van der Waals surface area contributed by atoms with E-state index in [9.17, 15) is 18.4 Å². The second kappa shape index (κ2) is 19.1. The number of morpholine rings is 1. The summed E-state index contributed by atoms with van der Waals surface area (Å²) in [5.41, 5.74) is 0.517. The third-order valence-corrected chi connectivity index (χ3v) is 7.00. The number of methoxy groups -OCH3 is 2. The first kappa shape index (κ1) is 40.6. The molecule has 0 aliphatic carbocycles. The Morgan fingerprint density at radius 3 is 1.63 bits per heavy atom. The van der Waals surface area contributed by atoms with Crippen LogP contribution in [0.5, 0.6) is 11.5 Å². The van der Waals surface area contributed by atoms with Gasteiger partial charge in [0.1, 0.15) is 28.9 Å². The summed E-state index contributed by atoms with van der Waals surface area (Å²) in [5, 5.41) is 0. The van der Waals surface area contributed by atoms with E-state index in [0.717, 1.165) is 5.56 Å². The zero-order valence-corrected chi connectivity index (χ0v) is 28.1. The maximum atomic E-state index is 13.5. The number of hydrogen-bond donors (Lipinski definition) is 0. The SMILES string of the molecule is COc1ccc(F)cc1C(C)(C)CC(=O)C(C)C.COc1ccc(F)cc1C(C)(C)CC(=O)N1CCOCC1.C[CH-]C.[Li+]. The molecule has 1 aliphatic rings. The van der Waals surface area contributed by atoms with Gasteiger partial charge in [-0.1, -0.05) is 41.5 Å². The van der Waals surface area contributed by atoms with Crippen molar-refractivity contribution in [1.29, 1.82) is 0 Å². The van der Waals surface area contributed by atoms with Crippen molar-refractivity contribution in [3.05, 3.63) is 65.6 Å². The number of carbonyl (C=O) groups excluding carboxylic acids is 2. The molecule has 9 heteroatoms. The molecule has 2 aromatic rings. The number of carbonyl (C=O) groups is 2. The van der Waals surface area contributed by atoms with Gasteiger partial charge in [-0.2, -0.15) is 13.8 Å². The van der Waals surface area contributed by atoms with E-state index in [4.69, 9.17) is 14.2 Å². The predicted octanol–water partition coefficient (Wildman–Crippen LogP) is 4.32. The fourth-order valence-corrected chi connectivity index (χ4v) is 4.55. The summed E-state index contributed by atoms with van der Waals surface area (Å²) in [7, 11) is 3.10. The van der Waals surface area contributed by atoms with Crippen LogP contribution in [0.1, 0.15) is 79.4 Å². The first-order chi connectivity index (χ1) is 19.6. The number of hydrogen-bond acceptors (Lipinski definition) is 5. The minimum Gasteiger partial charge on any atom is -0.496 e. The molecule has 1 fully saturated rings. The van der Waals surface area contributed by atoms with Crippen LogP contribution in [-0.2, 0) is 25.2 Å². The van der Waals surface area contributed by atoms with E-state index < -0.39 is 10.8 Å². The Kier molecular flexibility index (Phi) is 18.0. The summed E-state index contributed by atoms with van der Waals surface area (Å²) >= 11 is 0. The molecular formula is C34H50F2LiNO5. The molecule has 3 rings (SSSR count). The smallest absolute Gasteiger partial charge is 0.496 e. The minimum atomic E-state index is -0.497. The van der Waals surface area contributed by atoms with E-state index in [1.54, 1.807) is 31.3 Å². The molecule has 0 N–H and O–H groups in total. The number of benzene rings is 2. The van der Waals surface area contributed by atoms with Crippen LogP contribution in [0.4, 0.5) is 8.78 Å². The molecule has 6 nitrogen and oxygen atoms in total. The Morgan fingerprint density at radius 2 is 1.26 bits per heavy atom. The third kappa shape index (κ3) is 13.0. The van der Waals surface area contributed by atoms with Crippen LogP contribution in [0.15, 0.2) is 36.4 Å². The average molecular weight is 598 g/mol. The monoisotopic (exact) mass is 597 g/mol. The van der Waals surface area contributed by atoms with Gasteiger partial charge in [-0.25, -0.2) is 8.78 Å². The molecule has 236 valence electrons. The topological polar surface area (TPSA) is 65.1 Å². The van der Waals surface area contributed by atoms with Crippen molar-refractivity contribution in [3.8, 4) is 11.5 Å². The molecule has 0 saturated carbocycles. The van der Waals surface area contributed by atoms with Gasteiger partial charge in [0.2, 0.25) is 5.91 Å². The zero-order chi connectivity index (χ0) is 32.1. The van der Waals surface area contributed by atoms with Crippen molar-refractivity contribution in [2.45, 2.75) is 79.1 Å². The molecule has 0 unspecified atom stereocenters. The van der Waals surface area contributed by atoms with Gasteiger partial charge in [0, 0.05) is 53.8 Å². The zero-order valence-electron chi connectivity index (χ0n) is 28.1. The number of ether oxygens (including phenoxy) is 3. The van der Waals surface area contributed by atoms with Gasteiger partial charge in [-0.05, 0) is 36.4 Å². The molecule has 0 spiro atoms. The van der Waals surface area contributed by atoms with Crippen molar-refractivity contribution in [2.75, 3.05) is 40.5 Å². The van der Waals surface area contributed by atoms with Gasteiger partial charge >= 0.3 is 18.9 Å². The van der Waals surface area contributed by atoms with Crippen LogP contribution < -0.4 is 28.3 Å². The quantitative estimate of drug-likeness (QED) is 0.318. The van der Waals surface area contributed by atoms with Gasteiger partial charge in [0.15, 0.2) is 0 Å². The maximum absolute atomic E-state index is 13.5. The summed E-state index contributed by atoms with van der Waals surface area (Å²) < 4.78 is 42.7. The molecular weight excluding hydrogens is 547 g/mol. The van der Waals surface area contributed by atoms with E-state index in [0.29, 0.717) is 56.2 Å². The van der Waals surface area contributed by atoms with E-state index >= 15 is 0 Å². The van der Waals surface area contributed by atoms with E-state index in [1.165, 1.54) is 24.3 Å². The average Bonchev–Trinajstić information content (AvgIpc) is 2.93. The Morgan fingerprint density at radius 1 is 0.860 bits per heavy atom. The van der Waals surface area contributed by atoms with Crippen molar-refractivity contribution in [2.24, 2.45) is 5.92 Å². The van der Waals surface area contributed by atoms with E-state index in [2.05, 4.69) is 0 Å². The van der Waals surface area contributed by atoms with Gasteiger partial charge in [0.25, 0.3) is 0 Å². The normalized spacial score (nSPS) is 13.1. The summed E-state index contributed by atoms with van der Waals surface area (Å²) in [6.45, 7) is 17.9. The fourth-order valence-electron chi connectivity index (χ4n) is 4.55. The van der Waals surface area contributed by atoms with Crippen LogP contribution in [0.3, 0.4) is 0 Å². The fraction of sp³-hybridized carbons (Fsp3) is 0.559. The molecule has 0 bridgehead atoms. The summed E-state index contributed by atoms with van der Waals surface area (Å²) in [4.78, 5) is 26.1. The number of nitrogens with zero attached hydrogens (tertiary/aromatic N) is 1. The number of Topliss-reactive ketones (excluding diaryl/α,β-unsaturated/α-hetero) is 1. The number of halogens is 2. The Hall–Kier alpha value is -2.40. The summed E-state index contributed by atoms with van der Waals surface area (Å²) in [6.07, 6.45) is 2.69. The minimum absolute atomic E-state index is 0. The third-order valence-electron chi connectivity index (χ3n) is 7.00. The molecule has 2 aromatic carbocycles. The van der Waals surface area contributed by atoms with Crippen LogP contribution in [0.25, 0.3) is 0 Å². The molecule has 1 amide bonds. The Bertz CT molecular complexity index is 1150. The van der Waals surface area contributed by atoms with Crippen LogP contribution in [0.2, 0.25) is 0 Å². The molecule has 1 saturated heterocycles. The number of amides is 1. The summed E-state index contributed by atoms with van der Waals surface area (Å²) in [5.74, 6) is 0.826. The van der Waals surface area contributed by atoms with Crippen molar-refractivity contribution < 1.29 is 51.4 Å². The Labute approximate surface area is 270 Å². The number of ketones is 1. The molecule has 0 aromatic heterocycles. The molecule has 0 atom stereocenters. The summed E-state index contributed by atoms with van der Waals surface area (Å²) in [6, 6.07) is 8.83. The van der Waals surface area contributed by atoms with Gasteiger partial charge < -0.3 is 25.5 Å². The van der Waals surface area contributed by atoms with Crippen LogP contribution in [-0.4, -0.2) is 57.1 Å². The van der Waals surface area contributed by atoms with Crippen LogP contribution in [0, 0.1) is 24.0 Å². The van der Waals surface area contributed by atoms with Gasteiger partial charge in [0.05, 0.1) is 27.4 Å². The van der Waals surface area contributed by atoms with Crippen molar-refractivity contribution in [1.82, 2.24) is 4.90 Å². The van der Waals surface area contributed by atoms with Crippen molar-refractivity contribution in [3.63, 3.8) is 0 Å². The Balaban J connectivity index is 0.000000743. The molecule has 1 heterocycles. The maximum Gasteiger partial charge on any atom is 1.00 e. The first-order valence-electron chi connectivity index (χ1n) is 14.4. The number of rotatable bonds is 9. The van der Waals surface area contributed by atoms with Crippen LogP contribution >= 0.6 is 0 Å². The second-order valence-electron chi connectivity index (χ2n) is 12.0. The van der Waals surface area contributed by atoms with Gasteiger partial charge in [-0.3, -0.25) is 9.59 Å². The largest absolute Gasteiger partial charge is 1.00 e. The standard InChI is InChI=1S/C16H22FNO3.C15H21FO2.C3H7.Li/c1-16(2,11-15(19)18-6-8-21-9-7-18)13-10-12(17)4-5-14(13)20-3;1-10(2)13(17)9-15(3,4)12-8-11(16)6-7-14(12)18-5;1-3-2;/h4-5,10H,6-9,11H2,1-3H3;6-8,10H,9H2,1-5H3;3H,1-2H3;/q;;-1;+1. The van der Waals surface area contributed by atoms with Gasteiger partial charge in [-0.15, -0.1) is 0 Å². The van der Waals surface area contributed by atoms with Crippen molar-refractivity contribution >= 4 is 11.7 Å².